The molecule has 0 aliphatic rings. The highest BCUT2D eigenvalue weighted by Crippen LogP contribution is 2.17. The Kier molecular flexibility index (Phi) is 4.26. The van der Waals surface area contributed by atoms with Gasteiger partial charge in [-0.05, 0) is 55.2 Å². The summed E-state index contributed by atoms with van der Waals surface area (Å²) in [5.74, 6) is 0. The Bertz CT molecular complexity index is 497. The Morgan fingerprint density at radius 3 is 2.47 bits per heavy atom. The first-order chi connectivity index (χ1) is 8.29. The summed E-state index contributed by atoms with van der Waals surface area (Å²) in [6.07, 6.45) is 5.91. The number of nitrogens with zero attached hydrogens (tertiary/aromatic N) is 2. The van der Waals surface area contributed by atoms with Gasteiger partial charge in [-0.25, -0.2) is 0 Å². The summed E-state index contributed by atoms with van der Waals surface area (Å²) in [6.45, 7) is 2.07. The zero-order valence-electron chi connectivity index (χ0n) is 9.86. The molecule has 0 aliphatic carbocycles. The molecular weight excluding hydrogens is 276 g/mol. The lowest BCUT2D eigenvalue weighted by molar-refractivity contribution is 0.935. The van der Waals surface area contributed by atoms with Crippen LogP contribution < -0.4 is 0 Å². The van der Waals surface area contributed by atoms with E-state index in [-0.39, 0.29) is 0 Å². The van der Waals surface area contributed by atoms with E-state index in [1.54, 1.807) is 0 Å². The molecule has 17 heavy (non-hydrogen) atoms. The summed E-state index contributed by atoms with van der Waals surface area (Å²) < 4.78 is 0. The van der Waals surface area contributed by atoms with E-state index in [0.717, 1.165) is 29.6 Å². The molecule has 0 radical (unpaired) electrons. The molecule has 0 bridgehead atoms. The van der Waals surface area contributed by atoms with Gasteiger partial charge in [0.1, 0.15) is 0 Å². The van der Waals surface area contributed by atoms with Crippen LogP contribution in [0.4, 0.5) is 0 Å². The SMILES string of the molecule is Cc1ccnc(-c2cc(CCCBr)ccn2)c1. The Morgan fingerprint density at radius 1 is 1.06 bits per heavy atom. The van der Waals surface area contributed by atoms with Crippen LogP contribution in [0.3, 0.4) is 0 Å². The Hall–Kier alpha value is -1.22. The molecule has 3 heteroatoms. The second kappa shape index (κ2) is 5.92. The third-order valence-electron chi connectivity index (χ3n) is 2.60. The predicted octanol–water partition coefficient (Wildman–Crippen LogP) is 3.78. The zero-order chi connectivity index (χ0) is 12.1. The van der Waals surface area contributed by atoms with Gasteiger partial charge in [-0.2, -0.15) is 0 Å². The Labute approximate surface area is 110 Å². The topological polar surface area (TPSA) is 25.8 Å². The second-order valence-electron chi connectivity index (χ2n) is 4.06. The van der Waals surface area contributed by atoms with Crippen molar-refractivity contribution in [3.05, 3.63) is 47.8 Å². The number of aryl methyl sites for hydroxylation is 2. The standard InChI is InChI=1S/C14H15BrN2/c1-11-4-7-16-13(9-11)14-10-12(3-2-6-15)5-8-17-14/h4-5,7-10H,2-3,6H2,1H3. The number of alkyl halides is 1. The fourth-order valence-electron chi connectivity index (χ4n) is 1.72. The predicted molar refractivity (Wildman–Crippen MR) is 74.3 cm³/mol. The van der Waals surface area contributed by atoms with E-state index in [0.29, 0.717) is 0 Å². The normalized spacial score (nSPS) is 10.5. The number of pyridine rings is 2. The Balaban J connectivity index is 2.26. The third kappa shape index (κ3) is 3.37. The molecule has 0 saturated carbocycles. The monoisotopic (exact) mass is 290 g/mol. The van der Waals surface area contributed by atoms with Crippen molar-refractivity contribution in [2.45, 2.75) is 19.8 Å². The summed E-state index contributed by atoms with van der Waals surface area (Å²) in [5, 5.41) is 1.04. The van der Waals surface area contributed by atoms with E-state index < -0.39 is 0 Å². The first kappa shape index (κ1) is 12.2. The lowest BCUT2D eigenvalue weighted by Gasteiger charge is -2.04. The van der Waals surface area contributed by atoms with Crippen molar-refractivity contribution in [2.75, 3.05) is 5.33 Å². The summed E-state index contributed by atoms with van der Waals surface area (Å²) in [7, 11) is 0. The van der Waals surface area contributed by atoms with Crippen LogP contribution >= 0.6 is 15.9 Å². The van der Waals surface area contributed by atoms with Crippen LogP contribution in [0.25, 0.3) is 11.4 Å². The van der Waals surface area contributed by atoms with Gasteiger partial charge in [-0.1, -0.05) is 15.9 Å². The molecule has 88 valence electrons. The fourth-order valence-corrected chi connectivity index (χ4v) is 2.00. The van der Waals surface area contributed by atoms with Gasteiger partial charge < -0.3 is 0 Å². The van der Waals surface area contributed by atoms with Crippen LogP contribution in [0.2, 0.25) is 0 Å². The van der Waals surface area contributed by atoms with Gasteiger partial charge in [0.2, 0.25) is 0 Å². The van der Waals surface area contributed by atoms with Crippen molar-refractivity contribution in [1.82, 2.24) is 9.97 Å². The van der Waals surface area contributed by atoms with Gasteiger partial charge >= 0.3 is 0 Å². The summed E-state index contributed by atoms with van der Waals surface area (Å²) in [6, 6.07) is 8.27. The molecule has 2 rings (SSSR count). The van der Waals surface area contributed by atoms with Gasteiger partial charge in [0.05, 0.1) is 11.4 Å². The molecule has 0 unspecified atom stereocenters. The van der Waals surface area contributed by atoms with E-state index in [2.05, 4.69) is 51.0 Å². The minimum absolute atomic E-state index is 0.950. The molecule has 0 atom stereocenters. The molecular formula is C14H15BrN2. The number of aromatic nitrogens is 2. The van der Waals surface area contributed by atoms with Crippen molar-refractivity contribution in [1.29, 1.82) is 0 Å². The zero-order valence-corrected chi connectivity index (χ0v) is 11.4. The molecule has 0 N–H and O–H groups in total. The summed E-state index contributed by atoms with van der Waals surface area (Å²) in [4.78, 5) is 8.74. The quantitative estimate of drug-likeness (QED) is 0.801. The van der Waals surface area contributed by atoms with E-state index in [9.17, 15) is 0 Å². The molecule has 0 aromatic carbocycles. The molecule has 0 amide bonds. The van der Waals surface area contributed by atoms with E-state index in [4.69, 9.17) is 0 Å². The Morgan fingerprint density at radius 2 is 1.76 bits per heavy atom. The molecule has 2 aromatic rings. The van der Waals surface area contributed by atoms with Crippen molar-refractivity contribution < 1.29 is 0 Å². The molecule has 0 saturated heterocycles. The van der Waals surface area contributed by atoms with Crippen LogP contribution in [0.5, 0.6) is 0 Å². The first-order valence-corrected chi connectivity index (χ1v) is 6.85. The van der Waals surface area contributed by atoms with Crippen LogP contribution in [0.1, 0.15) is 17.5 Å². The maximum atomic E-state index is 4.38. The number of hydrogen-bond acceptors (Lipinski definition) is 2. The van der Waals surface area contributed by atoms with Gasteiger partial charge in [0.25, 0.3) is 0 Å². The molecule has 0 fully saturated rings. The summed E-state index contributed by atoms with van der Waals surface area (Å²) >= 11 is 3.45. The number of hydrogen-bond donors (Lipinski definition) is 0. The van der Waals surface area contributed by atoms with Crippen LogP contribution in [0, 0.1) is 6.92 Å². The maximum Gasteiger partial charge on any atom is 0.0888 e. The van der Waals surface area contributed by atoms with Crippen LogP contribution in [0.15, 0.2) is 36.7 Å². The van der Waals surface area contributed by atoms with Gasteiger partial charge in [0, 0.05) is 17.7 Å². The van der Waals surface area contributed by atoms with Gasteiger partial charge in [0.15, 0.2) is 0 Å². The smallest absolute Gasteiger partial charge is 0.0888 e. The minimum Gasteiger partial charge on any atom is -0.255 e. The number of rotatable bonds is 4. The van der Waals surface area contributed by atoms with E-state index in [1.165, 1.54) is 11.1 Å². The maximum absolute atomic E-state index is 4.38. The van der Waals surface area contributed by atoms with E-state index >= 15 is 0 Å². The van der Waals surface area contributed by atoms with Crippen molar-refractivity contribution in [3.8, 4) is 11.4 Å². The van der Waals surface area contributed by atoms with Crippen molar-refractivity contribution in [2.24, 2.45) is 0 Å². The van der Waals surface area contributed by atoms with Crippen LogP contribution in [-0.2, 0) is 6.42 Å². The highest BCUT2D eigenvalue weighted by molar-refractivity contribution is 9.09. The van der Waals surface area contributed by atoms with Crippen molar-refractivity contribution in [3.63, 3.8) is 0 Å². The molecule has 2 heterocycles. The van der Waals surface area contributed by atoms with Crippen molar-refractivity contribution >= 4 is 15.9 Å². The first-order valence-electron chi connectivity index (χ1n) is 5.73. The number of halogens is 1. The van der Waals surface area contributed by atoms with Gasteiger partial charge in [-0.3, -0.25) is 9.97 Å². The largest absolute Gasteiger partial charge is 0.255 e. The molecule has 2 nitrogen and oxygen atoms in total. The minimum atomic E-state index is 0.950. The molecule has 0 aliphatic heterocycles. The second-order valence-corrected chi connectivity index (χ2v) is 4.85. The molecule has 0 spiro atoms. The van der Waals surface area contributed by atoms with E-state index in [1.807, 2.05) is 18.5 Å². The van der Waals surface area contributed by atoms with Gasteiger partial charge in [-0.15, -0.1) is 0 Å². The van der Waals surface area contributed by atoms with Crippen LogP contribution in [-0.4, -0.2) is 15.3 Å². The average Bonchev–Trinajstić information content (AvgIpc) is 2.37. The molecule has 2 aromatic heterocycles. The third-order valence-corrected chi connectivity index (χ3v) is 3.16. The lowest BCUT2D eigenvalue weighted by atomic mass is 10.1. The highest BCUT2D eigenvalue weighted by Gasteiger charge is 2.02. The summed E-state index contributed by atoms with van der Waals surface area (Å²) in [5.41, 5.74) is 4.44. The lowest BCUT2D eigenvalue weighted by Crippen LogP contribution is -1.92. The average molecular weight is 291 g/mol. The highest BCUT2D eigenvalue weighted by atomic mass is 79.9. The fraction of sp³-hybridized carbons (Fsp3) is 0.286.